The van der Waals surface area contributed by atoms with E-state index < -0.39 is 0 Å². The van der Waals surface area contributed by atoms with Gasteiger partial charge in [-0.2, -0.15) is 0 Å². The van der Waals surface area contributed by atoms with Crippen LogP contribution in [0.15, 0.2) is 36.7 Å². The largest absolute Gasteiger partial charge is 0.326 e. The Balaban J connectivity index is 2.13. The van der Waals surface area contributed by atoms with Gasteiger partial charge in [-0.05, 0) is 30.7 Å². The molecule has 1 N–H and O–H groups in total. The Bertz CT molecular complexity index is 448. The minimum atomic E-state index is 0.738. The maximum atomic E-state index is 5.83. The van der Waals surface area contributed by atoms with Crippen molar-refractivity contribution in [1.82, 2.24) is 9.55 Å². The maximum Gasteiger partial charge on any atom is 0.207 e. The summed E-state index contributed by atoms with van der Waals surface area (Å²) in [5.74, 6) is 0.865. The molecule has 2 aromatic rings. The Hall–Kier alpha value is -1.48. The predicted octanol–water partition coefficient (Wildman–Crippen LogP) is 3.69. The number of nitrogens with one attached hydrogen (secondary N) is 1. The molecular formula is C12H14ClN3. The van der Waals surface area contributed by atoms with E-state index in [1.807, 2.05) is 30.5 Å². The van der Waals surface area contributed by atoms with Crippen LogP contribution in [-0.4, -0.2) is 9.55 Å². The molecule has 0 aliphatic heterocycles. The van der Waals surface area contributed by atoms with Crippen molar-refractivity contribution < 1.29 is 0 Å². The SMILES string of the molecule is CCCn1ccnc1Nc1ccc(Cl)cc1. The van der Waals surface area contributed by atoms with Gasteiger partial charge in [0.25, 0.3) is 0 Å². The standard InChI is InChI=1S/C12H14ClN3/c1-2-8-16-9-7-14-12(16)15-11-5-3-10(13)4-6-11/h3-7,9H,2,8H2,1H3,(H,14,15). The fraction of sp³-hybridized carbons (Fsp3) is 0.250. The van der Waals surface area contributed by atoms with Gasteiger partial charge in [0.1, 0.15) is 0 Å². The second-order valence-corrected chi connectivity index (χ2v) is 4.01. The molecule has 0 fully saturated rings. The molecule has 0 saturated carbocycles. The molecule has 0 atom stereocenters. The molecule has 16 heavy (non-hydrogen) atoms. The van der Waals surface area contributed by atoms with E-state index in [4.69, 9.17) is 11.6 Å². The molecule has 0 bridgehead atoms. The van der Waals surface area contributed by atoms with Crippen molar-refractivity contribution in [3.05, 3.63) is 41.7 Å². The van der Waals surface area contributed by atoms with Gasteiger partial charge in [-0.25, -0.2) is 4.98 Å². The van der Waals surface area contributed by atoms with Crippen LogP contribution < -0.4 is 5.32 Å². The van der Waals surface area contributed by atoms with Gasteiger partial charge in [0.15, 0.2) is 0 Å². The summed E-state index contributed by atoms with van der Waals surface area (Å²) in [6.07, 6.45) is 4.86. The van der Waals surface area contributed by atoms with E-state index in [1.165, 1.54) is 0 Å². The summed E-state index contributed by atoms with van der Waals surface area (Å²) in [6, 6.07) is 7.59. The topological polar surface area (TPSA) is 29.9 Å². The third-order valence-electron chi connectivity index (χ3n) is 2.28. The lowest BCUT2D eigenvalue weighted by Crippen LogP contribution is -2.02. The fourth-order valence-corrected chi connectivity index (χ4v) is 1.64. The lowest BCUT2D eigenvalue weighted by atomic mass is 10.3. The second kappa shape index (κ2) is 5.03. The maximum absolute atomic E-state index is 5.83. The van der Waals surface area contributed by atoms with Crippen LogP contribution in [0.1, 0.15) is 13.3 Å². The Kier molecular flexibility index (Phi) is 3.47. The van der Waals surface area contributed by atoms with Gasteiger partial charge in [0, 0.05) is 29.6 Å². The van der Waals surface area contributed by atoms with Crippen LogP contribution in [0.4, 0.5) is 11.6 Å². The first-order chi connectivity index (χ1) is 7.79. The van der Waals surface area contributed by atoms with Gasteiger partial charge in [-0.15, -0.1) is 0 Å². The number of aryl methyl sites for hydroxylation is 1. The number of rotatable bonds is 4. The molecule has 0 spiro atoms. The average molecular weight is 236 g/mol. The van der Waals surface area contributed by atoms with Crippen LogP contribution in [0.2, 0.25) is 5.02 Å². The van der Waals surface area contributed by atoms with Gasteiger partial charge in [0.05, 0.1) is 0 Å². The molecule has 3 nitrogen and oxygen atoms in total. The normalized spacial score (nSPS) is 10.4. The zero-order chi connectivity index (χ0) is 11.4. The molecule has 1 aromatic heterocycles. The predicted molar refractivity (Wildman–Crippen MR) is 67.3 cm³/mol. The number of anilines is 2. The van der Waals surface area contributed by atoms with Gasteiger partial charge in [-0.3, -0.25) is 0 Å². The highest BCUT2D eigenvalue weighted by Gasteiger charge is 2.01. The highest BCUT2D eigenvalue weighted by molar-refractivity contribution is 6.30. The lowest BCUT2D eigenvalue weighted by Gasteiger charge is -2.08. The van der Waals surface area contributed by atoms with Crippen LogP contribution >= 0.6 is 11.6 Å². The molecule has 0 radical (unpaired) electrons. The Morgan fingerprint density at radius 2 is 2.06 bits per heavy atom. The van der Waals surface area contributed by atoms with Crippen LogP contribution in [0, 0.1) is 0 Å². The quantitative estimate of drug-likeness (QED) is 0.876. The summed E-state index contributed by atoms with van der Waals surface area (Å²) >= 11 is 5.83. The molecule has 0 amide bonds. The van der Waals surface area contributed by atoms with Crippen molar-refractivity contribution in [2.45, 2.75) is 19.9 Å². The first-order valence-electron chi connectivity index (χ1n) is 5.33. The van der Waals surface area contributed by atoms with Crippen molar-refractivity contribution in [2.75, 3.05) is 5.32 Å². The third-order valence-corrected chi connectivity index (χ3v) is 2.53. The minimum absolute atomic E-state index is 0.738. The number of benzene rings is 1. The zero-order valence-electron chi connectivity index (χ0n) is 9.15. The summed E-state index contributed by atoms with van der Waals surface area (Å²) in [6.45, 7) is 3.11. The third kappa shape index (κ3) is 2.55. The molecule has 0 aliphatic rings. The van der Waals surface area contributed by atoms with Gasteiger partial charge >= 0.3 is 0 Å². The number of halogens is 1. The highest BCUT2D eigenvalue weighted by Crippen LogP contribution is 2.17. The number of hydrogen-bond donors (Lipinski definition) is 1. The number of nitrogens with zero attached hydrogens (tertiary/aromatic N) is 2. The molecule has 0 aliphatic carbocycles. The molecule has 4 heteroatoms. The Morgan fingerprint density at radius 3 is 2.75 bits per heavy atom. The van der Waals surface area contributed by atoms with Crippen LogP contribution in [0.25, 0.3) is 0 Å². The van der Waals surface area contributed by atoms with E-state index in [-0.39, 0.29) is 0 Å². The van der Waals surface area contributed by atoms with Crippen molar-refractivity contribution in [3.8, 4) is 0 Å². The summed E-state index contributed by atoms with van der Waals surface area (Å²) in [7, 11) is 0. The number of aromatic nitrogens is 2. The highest BCUT2D eigenvalue weighted by atomic mass is 35.5. The molecule has 2 rings (SSSR count). The van der Waals surface area contributed by atoms with E-state index in [1.54, 1.807) is 6.20 Å². The smallest absolute Gasteiger partial charge is 0.207 e. The summed E-state index contributed by atoms with van der Waals surface area (Å²) in [5.41, 5.74) is 0.993. The Morgan fingerprint density at radius 1 is 1.31 bits per heavy atom. The van der Waals surface area contributed by atoms with Gasteiger partial charge < -0.3 is 9.88 Å². The summed E-state index contributed by atoms with van der Waals surface area (Å²) < 4.78 is 2.09. The number of imidazole rings is 1. The van der Waals surface area contributed by atoms with E-state index in [0.717, 1.165) is 29.6 Å². The lowest BCUT2D eigenvalue weighted by molar-refractivity contribution is 0.686. The fourth-order valence-electron chi connectivity index (χ4n) is 1.52. The molecule has 0 saturated heterocycles. The minimum Gasteiger partial charge on any atom is -0.326 e. The van der Waals surface area contributed by atoms with Crippen molar-refractivity contribution >= 4 is 23.2 Å². The molecule has 84 valence electrons. The number of hydrogen-bond acceptors (Lipinski definition) is 2. The van der Waals surface area contributed by atoms with Crippen molar-refractivity contribution in [1.29, 1.82) is 0 Å². The van der Waals surface area contributed by atoms with E-state index in [2.05, 4.69) is 21.8 Å². The molecule has 1 aromatic carbocycles. The first kappa shape index (κ1) is 11.0. The summed E-state index contributed by atoms with van der Waals surface area (Å²) in [5, 5.41) is 4.00. The van der Waals surface area contributed by atoms with Crippen LogP contribution in [0.3, 0.4) is 0 Å². The van der Waals surface area contributed by atoms with Crippen LogP contribution in [0.5, 0.6) is 0 Å². The van der Waals surface area contributed by atoms with Gasteiger partial charge in [-0.1, -0.05) is 18.5 Å². The Labute approximate surface area is 100 Å². The molecular weight excluding hydrogens is 222 g/mol. The monoisotopic (exact) mass is 235 g/mol. The van der Waals surface area contributed by atoms with Gasteiger partial charge in [0.2, 0.25) is 5.95 Å². The van der Waals surface area contributed by atoms with Crippen molar-refractivity contribution in [3.63, 3.8) is 0 Å². The average Bonchev–Trinajstić information content (AvgIpc) is 2.70. The molecule has 0 unspecified atom stereocenters. The second-order valence-electron chi connectivity index (χ2n) is 3.58. The summed E-state index contributed by atoms with van der Waals surface area (Å²) in [4.78, 5) is 4.27. The van der Waals surface area contributed by atoms with Crippen molar-refractivity contribution in [2.24, 2.45) is 0 Å². The van der Waals surface area contributed by atoms with E-state index >= 15 is 0 Å². The van der Waals surface area contributed by atoms with E-state index in [9.17, 15) is 0 Å². The first-order valence-corrected chi connectivity index (χ1v) is 5.71. The molecule has 1 heterocycles. The zero-order valence-corrected chi connectivity index (χ0v) is 9.91. The van der Waals surface area contributed by atoms with E-state index in [0.29, 0.717) is 0 Å². The van der Waals surface area contributed by atoms with Crippen LogP contribution in [-0.2, 0) is 6.54 Å².